The number of benzene rings is 1. The molecule has 23 heavy (non-hydrogen) atoms. The summed E-state index contributed by atoms with van der Waals surface area (Å²) in [6.07, 6.45) is 6.50. The average Bonchev–Trinajstić information content (AvgIpc) is 3.00. The van der Waals surface area contributed by atoms with Crippen molar-refractivity contribution in [3.63, 3.8) is 0 Å². The Morgan fingerprint density at radius 3 is 2.65 bits per heavy atom. The first kappa shape index (κ1) is 18.3. The summed E-state index contributed by atoms with van der Waals surface area (Å²) in [4.78, 5) is 13.2. The van der Waals surface area contributed by atoms with Crippen LogP contribution in [0.1, 0.15) is 56.6 Å². The average molecular weight is 337 g/mol. The summed E-state index contributed by atoms with van der Waals surface area (Å²) in [5.74, 6) is 0.246. The molecule has 128 valence electrons. The van der Waals surface area contributed by atoms with Crippen LogP contribution in [-0.2, 0) is 10.2 Å². The molecule has 1 heterocycles. The summed E-state index contributed by atoms with van der Waals surface area (Å²) in [5, 5.41) is 6.84. The summed E-state index contributed by atoms with van der Waals surface area (Å²) < 4.78 is 0. The van der Waals surface area contributed by atoms with Crippen molar-refractivity contribution in [1.82, 2.24) is 10.6 Å². The first-order chi connectivity index (χ1) is 10.6. The van der Waals surface area contributed by atoms with E-state index in [2.05, 4.69) is 48.7 Å². The van der Waals surface area contributed by atoms with Gasteiger partial charge in [0, 0.05) is 12.1 Å². The van der Waals surface area contributed by atoms with Gasteiger partial charge in [-0.15, -0.1) is 12.4 Å². The Bertz CT molecular complexity index is 540. The summed E-state index contributed by atoms with van der Waals surface area (Å²) in [7, 11) is 0. The van der Waals surface area contributed by atoms with Crippen molar-refractivity contribution >= 4 is 18.3 Å². The number of hydrogen-bond donors (Lipinski definition) is 2. The number of carbonyl (C=O) groups is 1. The van der Waals surface area contributed by atoms with Gasteiger partial charge in [-0.2, -0.15) is 0 Å². The van der Waals surface area contributed by atoms with Gasteiger partial charge < -0.3 is 10.6 Å². The molecule has 2 N–H and O–H groups in total. The second-order valence-corrected chi connectivity index (χ2v) is 7.12. The fourth-order valence-corrected chi connectivity index (χ4v) is 4.12. The predicted molar refractivity (Wildman–Crippen MR) is 97.2 cm³/mol. The van der Waals surface area contributed by atoms with E-state index in [4.69, 9.17) is 0 Å². The molecule has 2 unspecified atom stereocenters. The minimum atomic E-state index is -0.302. The number of halogens is 1. The predicted octanol–water partition coefficient (Wildman–Crippen LogP) is 3.49. The van der Waals surface area contributed by atoms with Crippen LogP contribution in [0, 0.1) is 6.92 Å². The van der Waals surface area contributed by atoms with Crippen molar-refractivity contribution in [3.05, 3.63) is 35.4 Å². The van der Waals surface area contributed by atoms with Gasteiger partial charge in [0.2, 0.25) is 5.91 Å². The number of amides is 1. The van der Waals surface area contributed by atoms with E-state index in [0.717, 1.165) is 45.1 Å². The van der Waals surface area contributed by atoms with Crippen LogP contribution in [-0.4, -0.2) is 24.5 Å². The lowest BCUT2D eigenvalue weighted by molar-refractivity contribution is -0.127. The fourth-order valence-electron chi connectivity index (χ4n) is 4.12. The molecule has 1 aromatic rings. The van der Waals surface area contributed by atoms with Crippen LogP contribution in [0.5, 0.6) is 0 Å². The molecule has 1 amide bonds. The van der Waals surface area contributed by atoms with E-state index in [9.17, 15) is 4.79 Å². The zero-order valence-electron chi connectivity index (χ0n) is 14.2. The third-order valence-electron chi connectivity index (χ3n) is 5.54. The topological polar surface area (TPSA) is 41.1 Å². The highest BCUT2D eigenvalue weighted by atomic mass is 35.5. The van der Waals surface area contributed by atoms with Crippen LogP contribution < -0.4 is 10.6 Å². The standard InChI is InChI=1S/C19H28N2O.ClH/c1-14-7-5-8-16(13-14)19(10-3-4-11-19)18(22)21-17-9-6-12-20-15(17)2;/h5,7-8,13,15,17,20H,3-4,6,9-12H2,1-2H3,(H,21,22);1H. The molecule has 1 aliphatic heterocycles. The molecule has 0 spiro atoms. The van der Waals surface area contributed by atoms with Gasteiger partial charge >= 0.3 is 0 Å². The van der Waals surface area contributed by atoms with Crippen LogP contribution in [0.2, 0.25) is 0 Å². The van der Waals surface area contributed by atoms with E-state index in [-0.39, 0.29) is 29.8 Å². The van der Waals surface area contributed by atoms with Crippen molar-refractivity contribution in [2.75, 3.05) is 6.54 Å². The molecule has 2 atom stereocenters. The van der Waals surface area contributed by atoms with Crippen LogP contribution in [0.25, 0.3) is 0 Å². The molecule has 0 bridgehead atoms. The summed E-state index contributed by atoms with van der Waals surface area (Å²) in [6, 6.07) is 9.17. The van der Waals surface area contributed by atoms with Crippen molar-refractivity contribution in [1.29, 1.82) is 0 Å². The van der Waals surface area contributed by atoms with Gasteiger partial charge in [0.1, 0.15) is 0 Å². The van der Waals surface area contributed by atoms with Gasteiger partial charge in [0.05, 0.1) is 5.41 Å². The Kier molecular flexibility index (Phi) is 6.10. The van der Waals surface area contributed by atoms with Gasteiger partial charge in [0.25, 0.3) is 0 Å². The Balaban J connectivity index is 0.00000192. The largest absolute Gasteiger partial charge is 0.351 e. The lowest BCUT2D eigenvalue weighted by Crippen LogP contribution is -2.55. The minimum absolute atomic E-state index is 0. The molecule has 2 fully saturated rings. The van der Waals surface area contributed by atoms with E-state index >= 15 is 0 Å². The first-order valence-electron chi connectivity index (χ1n) is 8.73. The maximum absolute atomic E-state index is 13.2. The molecule has 1 aromatic carbocycles. The molecule has 0 radical (unpaired) electrons. The summed E-state index contributed by atoms with van der Waals surface area (Å²) in [5.41, 5.74) is 2.15. The van der Waals surface area contributed by atoms with E-state index in [1.165, 1.54) is 11.1 Å². The highest BCUT2D eigenvalue weighted by Gasteiger charge is 2.43. The molecule has 3 nitrogen and oxygen atoms in total. The van der Waals surface area contributed by atoms with Crippen LogP contribution in [0.15, 0.2) is 24.3 Å². The number of hydrogen-bond acceptors (Lipinski definition) is 2. The van der Waals surface area contributed by atoms with Gasteiger partial charge in [-0.3, -0.25) is 4.79 Å². The second-order valence-electron chi connectivity index (χ2n) is 7.12. The molecular formula is C19H29ClN2O. The lowest BCUT2D eigenvalue weighted by Gasteiger charge is -2.35. The molecule has 0 aromatic heterocycles. The summed E-state index contributed by atoms with van der Waals surface area (Å²) >= 11 is 0. The van der Waals surface area contributed by atoms with E-state index in [0.29, 0.717) is 6.04 Å². The summed E-state index contributed by atoms with van der Waals surface area (Å²) in [6.45, 7) is 5.35. The second kappa shape index (κ2) is 7.67. The van der Waals surface area contributed by atoms with E-state index < -0.39 is 0 Å². The SMILES string of the molecule is Cc1cccc(C2(C(=O)NC3CCCNC3C)CCCC2)c1.Cl. The van der Waals surface area contributed by atoms with Crippen molar-refractivity contribution in [2.24, 2.45) is 0 Å². The smallest absolute Gasteiger partial charge is 0.230 e. The zero-order chi connectivity index (χ0) is 15.6. The third-order valence-corrected chi connectivity index (χ3v) is 5.54. The Labute approximate surface area is 146 Å². The maximum atomic E-state index is 13.2. The number of nitrogens with one attached hydrogen (secondary N) is 2. The Morgan fingerprint density at radius 1 is 1.26 bits per heavy atom. The molecular weight excluding hydrogens is 308 g/mol. The van der Waals surface area contributed by atoms with Gasteiger partial charge in [-0.1, -0.05) is 42.7 Å². The Morgan fingerprint density at radius 2 is 2.00 bits per heavy atom. The quantitative estimate of drug-likeness (QED) is 0.887. The molecule has 2 aliphatic rings. The van der Waals surface area contributed by atoms with Gasteiger partial charge in [-0.25, -0.2) is 0 Å². The normalized spacial score (nSPS) is 26.3. The monoisotopic (exact) mass is 336 g/mol. The van der Waals surface area contributed by atoms with Crippen molar-refractivity contribution in [2.45, 2.75) is 69.9 Å². The zero-order valence-corrected chi connectivity index (χ0v) is 15.0. The number of rotatable bonds is 3. The van der Waals surface area contributed by atoms with E-state index in [1.807, 2.05) is 0 Å². The third kappa shape index (κ3) is 3.72. The van der Waals surface area contributed by atoms with Crippen LogP contribution in [0.4, 0.5) is 0 Å². The number of aryl methyl sites for hydroxylation is 1. The van der Waals surface area contributed by atoms with Crippen LogP contribution >= 0.6 is 12.4 Å². The van der Waals surface area contributed by atoms with E-state index in [1.54, 1.807) is 0 Å². The number of piperidine rings is 1. The molecule has 1 saturated heterocycles. The highest BCUT2D eigenvalue weighted by molar-refractivity contribution is 5.89. The maximum Gasteiger partial charge on any atom is 0.230 e. The van der Waals surface area contributed by atoms with Crippen molar-refractivity contribution in [3.8, 4) is 0 Å². The highest BCUT2D eigenvalue weighted by Crippen LogP contribution is 2.41. The lowest BCUT2D eigenvalue weighted by atomic mass is 9.77. The van der Waals surface area contributed by atoms with Gasteiger partial charge in [0.15, 0.2) is 0 Å². The minimum Gasteiger partial charge on any atom is -0.351 e. The number of carbonyl (C=O) groups excluding carboxylic acids is 1. The Hall–Kier alpha value is -1.06. The molecule has 4 heteroatoms. The molecule has 1 saturated carbocycles. The fraction of sp³-hybridized carbons (Fsp3) is 0.632. The van der Waals surface area contributed by atoms with Crippen molar-refractivity contribution < 1.29 is 4.79 Å². The first-order valence-corrected chi connectivity index (χ1v) is 8.73. The van der Waals surface area contributed by atoms with Crippen LogP contribution in [0.3, 0.4) is 0 Å². The molecule has 3 rings (SSSR count). The molecule has 1 aliphatic carbocycles. The van der Waals surface area contributed by atoms with Gasteiger partial charge in [-0.05, 0) is 51.6 Å².